The van der Waals surface area contributed by atoms with Crippen molar-refractivity contribution in [2.24, 2.45) is 0 Å². The maximum absolute atomic E-state index is 9.33. The zero-order valence-electron chi connectivity index (χ0n) is 7.55. The predicted molar refractivity (Wildman–Crippen MR) is 53.8 cm³/mol. The number of thiophene rings is 1. The molecule has 0 amide bonds. The van der Waals surface area contributed by atoms with Gasteiger partial charge in [0.1, 0.15) is 0 Å². The zero-order chi connectivity index (χ0) is 8.81. The van der Waals surface area contributed by atoms with Gasteiger partial charge in [-0.3, -0.25) is 0 Å². The Morgan fingerprint density at radius 2 is 2.17 bits per heavy atom. The summed E-state index contributed by atoms with van der Waals surface area (Å²) in [5, 5.41) is 11.8. The highest BCUT2D eigenvalue weighted by atomic mass is 32.1. The van der Waals surface area contributed by atoms with Crippen LogP contribution < -0.4 is 0 Å². The number of hydrogen-bond acceptors (Lipinski definition) is 2. The molecule has 0 fully saturated rings. The summed E-state index contributed by atoms with van der Waals surface area (Å²) in [4.78, 5) is 0. The average Bonchev–Trinajstić information content (AvgIpc) is 2.46. The molecule has 2 heteroatoms. The van der Waals surface area contributed by atoms with Gasteiger partial charge in [-0.25, -0.2) is 0 Å². The molecule has 0 aliphatic rings. The van der Waals surface area contributed by atoms with Crippen LogP contribution in [0, 0.1) is 0 Å². The minimum Gasteiger partial charge on any atom is -0.499 e. The summed E-state index contributed by atoms with van der Waals surface area (Å²) < 4.78 is 0. The Hall–Kier alpha value is -0.500. The van der Waals surface area contributed by atoms with Crippen LogP contribution in [0.5, 0.6) is 5.06 Å². The lowest BCUT2D eigenvalue weighted by Crippen LogP contribution is -1.82. The molecule has 0 spiro atoms. The second-order valence-electron chi connectivity index (χ2n) is 3.06. The van der Waals surface area contributed by atoms with Crippen molar-refractivity contribution in [1.29, 1.82) is 0 Å². The van der Waals surface area contributed by atoms with E-state index >= 15 is 0 Å². The normalized spacial score (nSPS) is 10.4. The maximum Gasteiger partial charge on any atom is 0.174 e. The number of rotatable bonds is 5. The fourth-order valence-electron chi connectivity index (χ4n) is 1.26. The molecule has 0 aliphatic heterocycles. The molecule has 0 bridgehead atoms. The molecule has 1 aromatic heterocycles. The van der Waals surface area contributed by atoms with Gasteiger partial charge < -0.3 is 5.11 Å². The summed E-state index contributed by atoms with van der Waals surface area (Å²) in [5.74, 6) is 0. The molecule has 0 radical (unpaired) electrons. The average molecular weight is 184 g/mol. The summed E-state index contributed by atoms with van der Waals surface area (Å²) in [5.41, 5.74) is 1.12. The molecule has 68 valence electrons. The molecule has 0 aromatic carbocycles. The van der Waals surface area contributed by atoms with Gasteiger partial charge in [0.25, 0.3) is 0 Å². The van der Waals surface area contributed by atoms with E-state index in [9.17, 15) is 5.11 Å². The van der Waals surface area contributed by atoms with E-state index in [-0.39, 0.29) is 0 Å². The molecule has 0 aliphatic carbocycles. The van der Waals surface area contributed by atoms with Crippen molar-refractivity contribution in [3.63, 3.8) is 0 Å². The molecule has 12 heavy (non-hydrogen) atoms. The van der Waals surface area contributed by atoms with Crippen LogP contribution in [-0.4, -0.2) is 5.11 Å². The van der Waals surface area contributed by atoms with Gasteiger partial charge >= 0.3 is 0 Å². The topological polar surface area (TPSA) is 20.2 Å². The van der Waals surface area contributed by atoms with Gasteiger partial charge in [0.15, 0.2) is 5.06 Å². The standard InChI is InChI=1S/C10H16OS/c1-2-3-4-5-6-9-7-8-12-10(9)11/h7-8,11H,2-6H2,1H3. The second kappa shape index (κ2) is 5.20. The Morgan fingerprint density at radius 1 is 1.33 bits per heavy atom. The fourth-order valence-corrected chi connectivity index (χ4v) is 1.94. The number of aryl methyl sites for hydroxylation is 1. The molecule has 1 aromatic rings. The first-order valence-electron chi connectivity index (χ1n) is 4.60. The van der Waals surface area contributed by atoms with Crippen molar-refractivity contribution >= 4 is 11.3 Å². The van der Waals surface area contributed by atoms with E-state index in [1.807, 2.05) is 11.4 Å². The highest BCUT2D eigenvalue weighted by molar-refractivity contribution is 7.11. The lowest BCUT2D eigenvalue weighted by molar-refractivity contribution is 0.482. The molecule has 0 atom stereocenters. The van der Waals surface area contributed by atoms with Crippen LogP contribution in [-0.2, 0) is 6.42 Å². The number of unbranched alkanes of at least 4 members (excludes halogenated alkanes) is 3. The van der Waals surface area contributed by atoms with Crippen molar-refractivity contribution in [3.8, 4) is 5.06 Å². The second-order valence-corrected chi connectivity index (χ2v) is 3.96. The molecule has 0 unspecified atom stereocenters. The third-order valence-corrected chi connectivity index (χ3v) is 2.78. The number of hydrogen-bond donors (Lipinski definition) is 1. The van der Waals surface area contributed by atoms with Crippen LogP contribution in [0.3, 0.4) is 0 Å². The Balaban J connectivity index is 2.20. The van der Waals surface area contributed by atoms with E-state index in [0.717, 1.165) is 12.0 Å². The van der Waals surface area contributed by atoms with Crippen molar-refractivity contribution in [2.75, 3.05) is 0 Å². The monoisotopic (exact) mass is 184 g/mol. The molecular formula is C10H16OS. The maximum atomic E-state index is 9.33. The molecule has 0 saturated carbocycles. The summed E-state index contributed by atoms with van der Waals surface area (Å²) in [6.07, 6.45) is 6.11. The summed E-state index contributed by atoms with van der Waals surface area (Å²) in [7, 11) is 0. The predicted octanol–water partition coefficient (Wildman–Crippen LogP) is 3.58. The van der Waals surface area contributed by atoms with Crippen molar-refractivity contribution in [3.05, 3.63) is 17.0 Å². The van der Waals surface area contributed by atoms with Crippen LogP contribution in [0.25, 0.3) is 0 Å². The van der Waals surface area contributed by atoms with E-state index in [1.54, 1.807) is 0 Å². The highest BCUT2D eigenvalue weighted by Gasteiger charge is 2.00. The van der Waals surface area contributed by atoms with Crippen LogP contribution in [0.4, 0.5) is 0 Å². The quantitative estimate of drug-likeness (QED) is 0.693. The van der Waals surface area contributed by atoms with Crippen LogP contribution in [0.2, 0.25) is 0 Å². The van der Waals surface area contributed by atoms with E-state index in [0.29, 0.717) is 5.06 Å². The molecule has 1 heterocycles. The van der Waals surface area contributed by atoms with Gasteiger partial charge in [-0.2, -0.15) is 0 Å². The van der Waals surface area contributed by atoms with Crippen LogP contribution in [0.15, 0.2) is 11.4 Å². The summed E-state index contributed by atoms with van der Waals surface area (Å²) >= 11 is 1.42. The van der Waals surface area contributed by atoms with Crippen molar-refractivity contribution in [2.45, 2.75) is 39.0 Å². The van der Waals surface area contributed by atoms with Gasteiger partial charge in [-0.05, 0) is 24.3 Å². The molecule has 1 N–H and O–H groups in total. The molecular weight excluding hydrogens is 168 g/mol. The summed E-state index contributed by atoms with van der Waals surface area (Å²) in [6.45, 7) is 2.21. The van der Waals surface area contributed by atoms with E-state index in [2.05, 4.69) is 6.92 Å². The third kappa shape index (κ3) is 2.86. The lowest BCUT2D eigenvalue weighted by atomic mass is 10.1. The lowest BCUT2D eigenvalue weighted by Gasteiger charge is -1.98. The van der Waals surface area contributed by atoms with E-state index in [4.69, 9.17) is 0 Å². The Bertz CT molecular complexity index is 217. The van der Waals surface area contributed by atoms with Crippen molar-refractivity contribution in [1.82, 2.24) is 0 Å². The fraction of sp³-hybridized carbons (Fsp3) is 0.600. The van der Waals surface area contributed by atoms with Gasteiger partial charge in [-0.1, -0.05) is 26.2 Å². The first-order chi connectivity index (χ1) is 5.84. The van der Waals surface area contributed by atoms with E-state index in [1.165, 1.54) is 37.0 Å². The molecule has 1 rings (SSSR count). The van der Waals surface area contributed by atoms with Crippen LogP contribution >= 0.6 is 11.3 Å². The SMILES string of the molecule is CCCCCCc1ccsc1O. The summed E-state index contributed by atoms with van der Waals surface area (Å²) in [6, 6.07) is 2.02. The minimum atomic E-state index is 0.506. The minimum absolute atomic E-state index is 0.506. The number of aromatic hydroxyl groups is 1. The van der Waals surface area contributed by atoms with Gasteiger partial charge in [-0.15, -0.1) is 11.3 Å². The highest BCUT2D eigenvalue weighted by Crippen LogP contribution is 2.25. The Labute approximate surface area is 78.1 Å². The largest absolute Gasteiger partial charge is 0.499 e. The molecule has 0 saturated heterocycles. The van der Waals surface area contributed by atoms with Gasteiger partial charge in [0.05, 0.1) is 0 Å². The van der Waals surface area contributed by atoms with Gasteiger partial charge in [0, 0.05) is 5.56 Å². The Kier molecular flexibility index (Phi) is 4.15. The van der Waals surface area contributed by atoms with Crippen LogP contribution in [0.1, 0.15) is 38.2 Å². The van der Waals surface area contributed by atoms with Gasteiger partial charge in [0.2, 0.25) is 0 Å². The third-order valence-electron chi connectivity index (χ3n) is 2.02. The Morgan fingerprint density at radius 3 is 2.75 bits per heavy atom. The zero-order valence-corrected chi connectivity index (χ0v) is 8.36. The van der Waals surface area contributed by atoms with E-state index < -0.39 is 0 Å². The van der Waals surface area contributed by atoms with Crippen molar-refractivity contribution < 1.29 is 5.11 Å². The first-order valence-corrected chi connectivity index (χ1v) is 5.48. The first kappa shape index (κ1) is 9.59. The molecule has 1 nitrogen and oxygen atoms in total. The smallest absolute Gasteiger partial charge is 0.174 e.